The number of rotatable bonds is 5. The molecule has 0 spiro atoms. The second-order valence-electron chi connectivity index (χ2n) is 6.29. The second kappa shape index (κ2) is 9.09. The van der Waals surface area contributed by atoms with E-state index in [0.717, 1.165) is 43.2 Å². The molecule has 4 nitrogen and oxygen atoms in total. The van der Waals surface area contributed by atoms with Crippen molar-refractivity contribution in [1.82, 2.24) is 4.90 Å². The summed E-state index contributed by atoms with van der Waals surface area (Å²) in [6.45, 7) is 5.85. The molecule has 0 radical (unpaired) electrons. The number of aliphatic hydroxyl groups is 1. The van der Waals surface area contributed by atoms with Crippen molar-refractivity contribution in [2.24, 2.45) is 0 Å². The standard InChI is InChI=1S/C20H26N2O2.ClH/c1-16(20(23)17-8-4-3-5-9-17)21-12-14-22(15-13-21)18-10-6-7-11-19(18)24-2;/h3-11,16,20,23H,12-15H2,1-2H3;1H/t16-,20+;/m1./s1. The largest absolute Gasteiger partial charge is 0.495 e. The van der Waals surface area contributed by atoms with E-state index in [1.165, 1.54) is 0 Å². The molecule has 3 rings (SSSR count). The van der Waals surface area contributed by atoms with Gasteiger partial charge in [-0.05, 0) is 24.6 Å². The molecular formula is C20H27ClN2O2. The fourth-order valence-electron chi connectivity index (χ4n) is 3.39. The zero-order valence-electron chi connectivity index (χ0n) is 14.8. The van der Waals surface area contributed by atoms with E-state index < -0.39 is 6.10 Å². The molecule has 1 saturated heterocycles. The number of hydrogen-bond acceptors (Lipinski definition) is 4. The minimum absolute atomic E-state index is 0. The lowest BCUT2D eigenvalue weighted by molar-refractivity contribution is 0.0545. The van der Waals surface area contributed by atoms with Gasteiger partial charge in [0.25, 0.3) is 0 Å². The lowest BCUT2D eigenvalue weighted by Crippen LogP contribution is -2.51. The molecule has 1 heterocycles. The molecule has 136 valence electrons. The van der Waals surface area contributed by atoms with Crippen molar-refractivity contribution in [1.29, 1.82) is 0 Å². The third kappa shape index (κ3) is 4.46. The van der Waals surface area contributed by atoms with E-state index in [9.17, 15) is 5.11 Å². The van der Waals surface area contributed by atoms with E-state index in [1.807, 2.05) is 48.5 Å². The fraction of sp³-hybridized carbons (Fsp3) is 0.400. The van der Waals surface area contributed by atoms with E-state index in [2.05, 4.69) is 22.8 Å². The molecule has 0 aliphatic carbocycles. The van der Waals surface area contributed by atoms with Crippen molar-refractivity contribution in [3.63, 3.8) is 0 Å². The maximum atomic E-state index is 10.6. The zero-order valence-corrected chi connectivity index (χ0v) is 15.7. The molecule has 1 fully saturated rings. The number of ether oxygens (including phenoxy) is 1. The van der Waals surface area contributed by atoms with Crippen LogP contribution in [0.3, 0.4) is 0 Å². The summed E-state index contributed by atoms with van der Waals surface area (Å²) in [4.78, 5) is 4.72. The highest BCUT2D eigenvalue weighted by Gasteiger charge is 2.27. The number of para-hydroxylation sites is 2. The smallest absolute Gasteiger partial charge is 0.142 e. The van der Waals surface area contributed by atoms with Crippen LogP contribution in [0.1, 0.15) is 18.6 Å². The van der Waals surface area contributed by atoms with Crippen molar-refractivity contribution >= 4 is 18.1 Å². The molecule has 2 aromatic carbocycles. The zero-order chi connectivity index (χ0) is 16.9. The molecule has 5 heteroatoms. The minimum atomic E-state index is -0.455. The molecule has 0 bridgehead atoms. The molecule has 0 aromatic heterocycles. The summed E-state index contributed by atoms with van der Waals surface area (Å²) in [5, 5.41) is 10.6. The number of piperazine rings is 1. The van der Waals surface area contributed by atoms with Gasteiger partial charge in [-0.15, -0.1) is 12.4 Å². The van der Waals surface area contributed by atoms with Crippen molar-refractivity contribution in [3.05, 3.63) is 60.2 Å². The van der Waals surface area contributed by atoms with Gasteiger partial charge in [0.15, 0.2) is 0 Å². The molecule has 25 heavy (non-hydrogen) atoms. The van der Waals surface area contributed by atoms with Crippen molar-refractivity contribution in [3.8, 4) is 5.75 Å². The highest BCUT2D eigenvalue weighted by atomic mass is 35.5. The van der Waals surface area contributed by atoms with Gasteiger partial charge in [-0.3, -0.25) is 4.90 Å². The SMILES string of the molecule is COc1ccccc1N1CCN([C@H](C)[C@H](O)c2ccccc2)CC1.Cl. The van der Waals surface area contributed by atoms with Crippen LogP contribution in [0.2, 0.25) is 0 Å². The second-order valence-corrected chi connectivity index (χ2v) is 6.29. The first-order valence-electron chi connectivity index (χ1n) is 8.55. The number of anilines is 1. The van der Waals surface area contributed by atoms with Crippen LogP contribution in [-0.2, 0) is 0 Å². The first-order chi connectivity index (χ1) is 11.7. The third-order valence-electron chi connectivity index (χ3n) is 4.91. The Morgan fingerprint density at radius 3 is 2.16 bits per heavy atom. The van der Waals surface area contributed by atoms with Crippen molar-refractivity contribution < 1.29 is 9.84 Å². The molecule has 1 aliphatic rings. The Morgan fingerprint density at radius 1 is 0.920 bits per heavy atom. The van der Waals surface area contributed by atoms with Crippen LogP contribution in [0, 0.1) is 0 Å². The van der Waals surface area contributed by atoms with Crippen LogP contribution in [0.4, 0.5) is 5.69 Å². The lowest BCUT2D eigenvalue weighted by atomic mass is 10.0. The predicted octanol–water partition coefficient (Wildman–Crippen LogP) is 3.36. The first-order valence-corrected chi connectivity index (χ1v) is 8.55. The predicted molar refractivity (Wildman–Crippen MR) is 105 cm³/mol. The van der Waals surface area contributed by atoms with E-state index >= 15 is 0 Å². The first kappa shape index (κ1) is 19.6. The maximum absolute atomic E-state index is 10.6. The topological polar surface area (TPSA) is 35.9 Å². The Balaban J connectivity index is 0.00000225. The number of methoxy groups -OCH3 is 1. The van der Waals surface area contributed by atoms with Gasteiger partial charge < -0.3 is 14.7 Å². The molecule has 0 saturated carbocycles. The van der Waals surface area contributed by atoms with Gasteiger partial charge in [0, 0.05) is 32.2 Å². The van der Waals surface area contributed by atoms with Crippen LogP contribution in [-0.4, -0.2) is 49.3 Å². The Bertz CT molecular complexity index is 645. The number of aliphatic hydroxyl groups excluding tert-OH is 1. The van der Waals surface area contributed by atoms with Gasteiger partial charge >= 0.3 is 0 Å². The quantitative estimate of drug-likeness (QED) is 0.884. The number of nitrogens with zero attached hydrogens (tertiary/aromatic N) is 2. The number of benzene rings is 2. The average Bonchev–Trinajstić information content (AvgIpc) is 2.67. The Morgan fingerprint density at radius 2 is 1.52 bits per heavy atom. The number of hydrogen-bond donors (Lipinski definition) is 1. The minimum Gasteiger partial charge on any atom is -0.495 e. The summed E-state index contributed by atoms with van der Waals surface area (Å²) in [7, 11) is 1.72. The van der Waals surface area contributed by atoms with Gasteiger partial charge in [-0.2, -0.15) is 0 Å². The molecule has 1 N–H and O–H groups in total. The van der Waals surface area contributed by atoms with Crippen molar-refractivity contribution in [2.75, 3.05) is 38.2 Å². The number of halogens is 1. The van der Waals surface area contributed by atoms with Crippen LogP contribution >= 0.6 is 12.4 Å². The average molecular weight is 363 g/mol. The van der Waals surface area contributed by atoms with Gasteiger partial charge in [-0.1, -0.05) is 42.5 Å². The van der Waals surface area contributed by atoms with E-state index in [-0.39, 0.29) is 18.4 Å². The molecule has 2 atom stereocenters. The van der Waals surface area contributed by atoms with Gasteiger partial charge in [-0.25, -0.2) is 0 Å². The highest BCUT2D eigenvalue weighted by Crippen LogP contribution is 2.29. The summed E-state index contributed by atoms with van der Waals surface area (Å²) in [6.07, 6.45) is -0.455. The Kier molecular flexibility index (Phi) is 7.12. The molecule has 1 aliphatic heterocycles. The lowest BCUT2D eigenvalue weighted by Gasteiger charge is -2.40. The van der Waals surface area contributed by atoms with E-state index in [4.69, 9.17) is 4.74 Å². The molecule has 0 unspecified atom stereocenters. The van der Waals surface area contributed by atoms with Crippen LogP contribution in [0.15, 0.2) is 54.6 Å². The molecular weight excluding hydrogens is 336 g/mol. The fourth-order valence-corrected chi connectivity index (χ4v) is 3.39. The normalized spacial score (nSPS) is 17.5. The maximum Gasteiger partial charge on any atom is 0.142 e. The van der Waals surface area contributed by atoms with E-state index in [1.54, 1.807) is 7.11 Å². The Hall–Kier alpha value is -1.75. The monoisotopic (exact) mass is 362 g/mol. The summed E-state index contributed by atoms with van der Waals surface area (Å²) >= 11 is 0. The third-order valence-corrected chi connectivity index (χ3v) is 4.91. The summed E-state index contributed by atoms with van der Waals surface area (Å²) in [6, 6.07) is 18.2. The highest BCUT2D eigenvalue weighted by molar-refractivity contribution is 5.85. The van der Waals surface area contributed by atoms with Crippen LogP contribution in [0.5, 0.6) is 5.75 Å². The van der Waals surface area contributed by atoms with Crippen LogP contribution in [0.25, 0.3) is 0 Å². The van der Waals surface area contributed by atoms with Gasteiger partial charge in [0.1, 0.15) is 5.75 Å². The summed E-state index contributed by atoms with van der Waals surface area (Å²) in [5.74, 6) is 0.920. The van der Waals surface area contributed by atoms with Crippen LogP contribution < -0.4 is 9.64 Å². The molecule has 0 amide bonds. The van der Waals surface area contributed by atoms with Gasteiger partial charge in [0.05, 0.1) is 18.9 Å². The van der Waals surface area contributed by atoms with E-state index in [0.29, 0.717) is 0 Å². The summed E-state index contributed by atoms with van der Waals surface area (Å²) in [5.41, 5.74) is 2.13. The Labute approximate surface area is 156 Å². The molecule has 2 aromatic rings. The van der Waals surface area contributed by atoms with Gasteiger partial charge in [0.2, 0.25) is 0 Å². The van der Waals surface area contributed by atoms with Crippen molar-refractivity contribution in [2.45, 2.75) is 19.1 Å². The summed E-state index contributed by atoms with van der Waals surface area (Å²) < 4.78 is 5.47.